The molecule has 1 aliphatic carbocycles. The molecule has 10 rings (SSSR count). The minimum Gasteiger partial charge on any atom is -0.464 e. The van der Waals surface area contributed by atoms with Gasteiger partial charge in [0.05, 0.1) is 67.0 Å². The summed E-state index contributed by atoms with van der Waals surface area (Å²) in [7, 11) is 1.67. The molecule has 5 aliphatic heterocycles. The third kappa shape index (κ3) is 12.0. The van der Waals surface area contributed by atoms with Gasteiger partial charge < -0.3 is 48.5 Å². The number of carbonyl (C=O) groups is 3. The number of aromatic nitrogens is 3. The molecule has 3 aromatic heterocycles. The van der Waals surface area contributed by atoms with E-state index >= 15 is 0 Å². The van der Waals surface area contributed by atoms with Crippen molar-refractivity contribution in [3.05, 3.63) is 52.1 Å². The van der Waals surface area contributed by atoms with Gasteiger partial charge >= 0.3 is 12.0 Å². The fourth-order valence-electron chi connectivity index (χ4n) is 11.5. The van der Waals surface area contributed by atoms with E-state index < -0.39 is 85.3 Å². The number of thiazole rings is 1. The number of aliphatic hydroxyl groups excluding tert-OH is 1. The number of alkyl halides is 4. The molecule has 0 unspecified atom stereocenters. The molecule has 0 radical (unpaired) electrons. The van der Waals surface area contributed by atoms with Gasteiger partial charge in [0.2, 0.25) is 0 Å². The number of ether oxygens (including phenoxy) is 5. The van der Waals surface area contributed by atoms with Crippen molar-refractivity contribution in [1.82, 2.24) is 40.1 Å². The van der Waals surface area contributed by atoms with E-state index in [9.17, 15) is 37.1 Å². The molecule has 6 aliphatic rings. The quantitative estimate of drug-likeness (QED) is 0.0892. The number of nitrogens with zero attached hydrogens (tertiary/aromatic N) is 7. The molecule has 18 nitrogen and oxygen atoms in total. The van der Waals surface area contributed by atoms with Gasteiger partial charge in [0, 0.05) is 98.5 Å². The second kappa shape index (κ2) is 23.0. The van der Waals surface area contributed by atoms with E-state index in [1.54, 1.807) is 12.5 Å². The first-order valence-corrected chi connectivity index (χ1v) is 27.9. The molecule has 4 saturated heterocycles. The van der Waals surface area contributed by atoms with E-state index in [0.717, 1.165) is 101 Å². The lowest BCUT2D eigenvalue weighted by atomic mass is 9.84. The molecular formula is C54H71F4N9O9S. The number of cyclic esters (lactones) is 1. The zero-order valence-electron chi connectivity index (χ0n) is 44.4. The van der Waals surface area contributed by atoms with E-state index in [1.165, 1.54) is 12.8 Å². The number of aliphatic hydroxyl groups is 1. The molecule has 4 aromatic rings. The first kappa shape index (κ1) is 55.3. The highest BCUT2D eigenvalue weighted by Crippen LogP contribution is 2.44. The van der Waals surface area contributed by atoms with E-state index in [1.807, 2.05) is 45.2 Å². The first-order chi connectivity index (χ1) is 36.9. The van der Waals surface area contributed by atoms with Crippen LogP contribution in [0.5, 0.6) is 0 Å². The number of likely N-dealkylation sites (tertiary alicyclic amines) is 1. The summed E-state index contributed by atoms with van der Waals surface area (Å²) >= 11 is 1.02. The number of hydrogen-bond donors (Lipinski definition) is 3. The van der Waals surface area contributed by atoms with Crippen LogP contribution in [0.4, 0.5) is 28.0 Å². The van der Waals surface area contributed by atoms with Crippen molar-refractivity contribution >= 4 is 45.8 Å². The van der Waals surface area contributed by atoms with Gasteiger partial charge in [0.15, 0.2) is 0 Å². The van der Waals surface area contributed by atoms with Crippen molar-refractivity contribution in [3.63, 3.8) is 0 Å². The average molecular weight is 1100 g/mol. The van der Waals surface area contributed by atoms with Crippen LogP contribution in [-0.4, -0.2) is 180 Å². The lowest BCUT2D eigenvalue weighted by Gasteiger charge is -2.49. The third-order valence-electron chi connectivity index (χ3n) is 15.8. The van der Waals surface area contributed by atoms with Crippen LogP contribution in [0.15, 0.2) is 35.8 Å². The monoisotopic (exact) mass is 1100 g/mol. The second-order valence-corrected chi connectivity index (χ2v) is 23.0. The summed E-state index contributed by atoms with van der Waals surface area (Å²) in [5.74, 6) is -4.96. The highest BCUT2D eigenvalue weighted by Gasteiger charge is 2.59. The van der Waals surface area contributed by atoms with Crippen molar-refractivity contribution in [3.8, 4) is 22.5 Å². The Morgan fingerprint density at radius 3 is 2.49 bits per heavy atom. The SMILES string of the molecule is CO[C@@H](C)c1ncc(N2CCN(C3CC3)CC2)cc1-c1c2c3cc(ccc3n1CCOC1CCOCC1)-c1csc(n1)[C@@H](OCC(F)F)[C@H](NC(=O)N1CC(F)(F)[C@H]1[C@@H](C)O)C(=O)N1CCC[C@H](N1)C(=O)OCC(C)(C)C2. The number of carbonyl (C=O) groups excluding carboxylic acids is 3. The molecule has 420 valence electrons. The minimum absolute atomic E-state index is 0.0237. The lowest BCUT2D eigenvalue weighted by molar-refractivity contribution is -0.191. The summed E-state index contributed by atoms with van der Waals surface area (Å²) in [5, 5.41) is 16.5. The smallest absolute Gasteiger partial charge is 0.324 e. The van der Waals surface area contributed by atoms with Gasteiger partial charge in [-0.3, -0.25) is 24.5 Å². The molecule has 3 amide bonds. The molecule has 8 heterocycles. The maximum absolute atomic E-state index is 14.8. The van der Waals surface area contributed by atoms with Gasteiger partial charge in [-0.1, -0.05) is 19.9 Å². The molecule has 6 bridgehead atoms. The standard InChI is InChI=1S/C54H71F4N9O9S/c1-31(68)48-54(57,58)29-66(48)52(71)61-45-47(75-27-43(55)56)49-60-41(28-77-49)33-8-11-42-37(23-33)39(25-53(3,4)30-76-51(70)40-7-6-14-67(62-40)50(45)69)46(65(42)19-22-74-36-12-20-73-21-13-36)38-24-35(26-59-44(38)32(2)72-5)64-17-15-63(16-18-64)34-9-10-34/h8,11,23-24,26,28,31-32,34,36,40,43,45,47-48,62,68H,6-7,9-10,12-22,25,27,29-30H2,1-5H3,(H,61,71)/t31-,32+,40+,45+,47+,48-/m1/s1. The van der Waals surface area contributed by atoms with Crippen LogP contribution >= 0.6 is 11.3 Å². The number of halogens is 4. The number of pyridine rings is 1. The molecule has 1 saturated carbocycles. The van der Waals surface area contributed by atoms with E-state index in [-0.39, 0.29) is 30.7 Å². The Morgan fingerprint density at radius 2 is 1.79 bits per heavy atom. The number of amides is 3. The van der Waals surface area contributed by atoms with Gasteiger partial charge in [-0.05, 0) is 82.6 Å². The number of fused-ring (bicyclic) bond motifs is 6. The van der Waals surface area contributed by atoms with Crippen molar-refractivity contribution < 1.29 is 60.7 Å². The van der Waals surface area contributed by atoms with Crippen molar-refractivity contribution in [2.24, 2.45) is 5.41 Å². The summed E-state index contributed by atoms with van der Waals surface area (Å²) in [6.45, 7) is 10.7. The Bertz CT molecular complexity index is 2760. The summed E-state index contributed by atoms with van der Waals surface area (Å²) in [5.41, 5.74) is 8.68. The van der Waals surface area contributed by atoms with Crippen molar-refractivity contribution in [1.29, 1.82) is 0 Å². The van der Waals surface area contributed by atoms with E-state index in [0.29, 0.717) is 61.4 Å². The summed E-state index contributed by atoms with van der Waals surface area (Å²) < 4.78 is 90.4. The number of urea groups is 1. The zero-order valence-corrected chi connectivity index (χ0v) is 45.2. The highest BCUT2D eigenvalue weighted by molar-refractivity contribution is 7.10. The third-order valence-corrected chi connectivity index (χ3v) is 16.7. The minimum atomic E-state index is -3.43. The number of nitrogens with one attached hydrogen (secondary N) is 2. The van der Waals surface area contributed by atoms with Crippen LogP contribution in [0, 0.1) is 5.41 Å². The molecule has 77 heavy (non-hydrogen) atoms. The second-order valence-electron chi connectivity index (χ2n) is 22.1. The largest absolute Gasteiger partial charge is 0.464 e. The zero-order chi connectivity index (χ0) is 54.3. The van der Waals surface area contributed by atoms with Crippen LogP contribution in [-0.2, 0) is 46.2 Å². The number of anilines is 1. The Labute approximate surface area is 449 Å². The number of esters is 1. The lowest BCUT2D eigenvalue weighted by Crippen LogP contribution is -2.73. The number of methoxy groups -OCH3 is 1. The molecule has 0 spiro atoms. The van der Waals surface area contributed by atoms with Gasteiger partial charge in [-0.25, -0.2) is 32.8 Å². The number of hydrazine groups is 1. The number of benzene rings is 1. The van der Waals surface area contributed by atoms with E-state index in [4.69, 9.17) is 33.7 Å². The topological polar surface area (TPSA) is 185 Å². The highest BCUT2D eigenvalue weighted by atomic mass is 32.1. The molecular weight excluding hydrogens is 1030 g/mol. The Kier molecular flexibility index (Phi) is 16.5. The van der Waals surface area contributed by atoms with Crippen molar-refractivity contribution in [2.45, 2.75) is 140 Å². The number of hydrogen-bond acceptors (Lipinski definition) is 15. The Morgan fingerprint density at radius 1 is 1.03 bits per heavy atom. The first-order valence-electron chi connectivity index (χ1n) is 27.0. The predicted octanol–water partition coefficient (Wildman–Crippen LogP) is 6.74. The average Bonchev–Trinajstić information content (AvgIpc) is 4.13. The van der Waals surface area contributed by atoms with Crippen LogP contribution < -0.4 is 15.6 Å². The molecule has 1 aromatic carbocycles. The molecule has 5 fully saturated rings. The van der Waals surface area contributed by atoms with Crippen molar-refractivity contribution in [2.75, 3.05) is 84.3 Å². The Balaban J connectivity index is 1.12. The fraction of sp³-hybridized carbons (Fsp3) is 0.648. The van der Waals surface area contributed by atoms with Gasteiger partial charge in [-0.15, -0.1) is 11.3 Å². The maximum Gasteiger partial charge on any atom is 0.324 e. The van der Waals surface area contributed by atoms with Gasteiger partial charge in [0.25, 0.3) is 18.3 Å². The normalized spacial score (nSPS) is 25.4. The summed E-state index contributed by atoms with van der Waals surface area (Å²) in [6.07, 6.45) is 0.310. The molecule has 6 atom stereocenters. The number of piperazine rings is 1. The van der Waals surface area contributed by atoms with Gasteiger partial charge in [0.1, 0.15) is 35.8 Å². The molecule has 3 N–H and O–H groups in total. The van der Waals surface area contributed by atoms with Gasteiger partial charge in [-0.2, -0.15) is 0 Å². The number of rotatable bonds is 14. The van der Waals surface area contributed by atoms with E-state index in [2.05, 4.69) is 31.2 Å². The van der Waals surface area contributed by atoms with Crippen LogP contribution in [0.25, 0.3) is 33.4 Å². The summed E-state index contributed by atoms with van der Waals surface area (Å²) in [4.78, 5) is 58.7. The van der Waals surface area contributed by atoms with Crippen LogP contribution in [0.1, 0.15) is 94.7 Å². The summed E-state index contributed by atoms with van der Waals surface area (Å²) in [6, 6.07) is 2.92. The van der Waals surface area contributed by atoms with Crippen LogP contribution in [0.3, 0.4) is 0 Å². The Hall–Kier alpha value is -5.01. The molecule has 23 heteroatoms. The fourth-order valence-corrected chi connectivity index (χ4v) is 12.5. The van der Waals surface area contributed by atoms with Crippen LogP contribution in [0.2, 0.25) is 0 Å². The maximum atomic E-state index is 14.8. The predicted molar refractivity (Wildman–Crippen MR) is 279 cm³/mol.